The van der Waals surface area contributed by atoms with Crippen LogP contribution >= 0.6 is 0 Å². The summed E-state index contributed by atoms with van der Waals surface area (Å²) in [6.07, 6.45) is 3.27. The second-order valence-electron chi connectivity index (χ2n) is 6.21. The van der Waals surface area contributed by atoms with Crippen molar-refractivity contribution in [2.24, 2.45) is 17.1 Å². The first kappa shape index (κ1) is 18.9. The quantitative estimate of drug-likeness (QED) is 0.500. The highest BCUT2D eigenvalue weighted by atomic mass is 16.5. The van der Waals surface area contributed by atoms with Crippen LogP contribution in [0.4, 0.5) is 0 Å². The van der Waals surface area contributed by atoms with Crippen molar-refractivity contribution in [2.75, 3.05) is 20.2 Å². The third-order valence-electron chi connectivity index (χ3n) is 3.57. The number of nitrogens with one attached hydrogen (secondary N) is 1. The number of nitrogens with two attached hydrogens (primary N) is 1. The molecule has 0 aliphatic rings. The van der Waals surface area contributed by atoms with Gasteiger partial charge in [0.05, 0.1) is 7.11 Å². The zero-order valence-electron chi connectivity index (χ0n) is 13.3. The van der Waals surface area contributed by atoms with Crippen molar-refractivity contribution in [2.45, 2.75) is 52.9 Å². The Balaban J connectivity index is 3.88. The van der Waals surface area contributed by atoms with Gasteiger partial charge in [-0.1, -0.05) is 20.8 Å². The summed E-state index contributed by atoms with van der Waals surface area (Å²) < 4.78 is 4.54. The van der Waals surface area contributed by atoms with Gasteiger partial charge in [0.15, 0.2) is 0 Å². The van der Waals surface area contributed by atoms with E-state index in [1.165, 1.54) is 7.11 Å². The molecular weight excluding hydrogens is 256 g/mol. The van der Waals surface area contributed by atoms with E-state index in [9.17, 15) is 9.59 Å². The van der Waals surface area contributed by atoms with Crippen molar-refractivity contribution in [3.8, 4) is 0 Å². The first-order valence-electron chi connectivity index (χ1n) is 7.34. The van der Waals surface area contributed by atoms with Crippen LogP contribution in [0, 0.1) is 11.3 Å². The van der Waals surface area contributed by atoms with Crippen LogP contribution in [0.15, 0.2) is 0 Å². The van der Waals surface area contributed by atoms with Crippen molar-refractivity contribution >= 4 is 11.9 Å². The SMILES string of the molecule is COC(=O)CCCNC(=O)CCC(CCN)C(C)(C)C. The lowest BCUT2D eigenvalue weighted by Crippen LogP contribution is -2.28. The fourth-order valence-corrected chi connectivity index (χ4v) is 2.17. The molecule has 0 bridgehead atoms. The molecule has 0 saturated carbocycles. The van der Waals surface area contributed by atoms with Gasteiger partial charge in [0, 0.05) is 19.4 Å². The molecule has 0 spiro atoms. The van der Waals surface area contributed by atoms with Gasteiger partial charge in [0.1, 0.15) is 0 Å². The van der Waals surface area contributed by atoms with Gasteiger partial charge in [-0.05, 0) is 37.1 Å². The molecule has 0 aliphatic heterocycles. The highest BCUT2D eigenvalue weighted by Crippen LogP contribution is 2.31. The second-order valence-corrected chi connectivity index (χ2v) is 6.21. The van der Waals surface area contributed by atoms with Gasteiger partial charge in [-0.3, -0.25) is 9.59 Å². The lowest BCUT2D eigenvalue weighted by molar-refractivity contribution is -0.140. The number of hydrogen-bond acceptors (Lipinski definition) is 4. The van der Waals surface area contributed by atoms with Crippen LogP contribution in [0.2, 0.25) is 0 Å². The van der Waals surface area contributed by atoms with Crippen LogP contribution < -0.4 is 11.1 Å². The summed E-state index contributed by atoms with van der Waals surface area (Å²) in [4.78, 5) is 22.6. The van der Waals surface area contributed by atoms with E-state index >= 15 is 0 Å². The molecule has 5 nitrogen and oxygen atoms in total. The summed E-state index contributed by atoms with van der Waals surface area (Å²) in [5.74, 6) is 0.254. The molecule has 3 N–H and O–H groups in total. The monoisotopic (exact) mass is 286 g/mol. The normalized spacial score (nSPS) is 12.8. The minimum absolute atomic E-state index is 0.0427. The molecule has 0 radical (unpaired) electrons. The molecule has 0 saturated heterocycles. The van der Waals surface area contributed by atoms with E-state index < -0.39 is 0 Å². The first-order chi connectivity index (χ1) is 9.31. The molecule has 0 fully saturated rings. The summed E-state index contributed by atoms with van der Waals surface area (Å²) in [7, 11) is 1.37. The van der Waals surface area contributed by atoms with E-state index in [0.29, 0.717) is 38.3 Å². The summed E-state index contributed by atoms with van der Waals surface area (Å²) in [6, 6.07) is 0. The maximum Gasteiger partial charge on any atom is 0.305 e. The zero-order chi connectivity index (χ0) is 15.6. The Kier molecular flexibility index (Phi) is 9.21. The number of amides is 1. The molecule has 0 rings (SSSR count). The van der Waals surface area contributed by atoms with Crippen LogP contribution in [0.1, 0.15) is 52.9 Å². The minimum atomic E-state index is -0.241. The van der Waals surface area contributed by atoms with Gasteiger partial charge in [0.25, 0.3) is 0 Å². The molecular formula is C15H30N2O3. The minimum Gasteiger partial charge on any atom is -0.469 e. The van der Waals surface area contributed by atoms with Crippen LogP contribution in [0.3, 0.4) is 0 Å². The van der Waals surface area contributed by atoms with Gasteiger partial charge >= 0.3 is 5.97 Å². The van der Waals surface area contributed by atoms with Crippen LogP contribution in [-0.2, 0) is 14.3 Å². The predicted octanol–water partition coefficient (Wildman–Crippen LogP) is 1.85. The largest absolute Gasteiger partial charge is 0.469 e. The maximum absolute atomic E-state index is 11.7. The highest BCUT2D eigenvalue weighted by molar-refractivity contribution is 5.76. The van der Waals surface area contributed by atoms with Gasteiger partial charge in [-0.2, -0.15) is 0 Å². The number of methoxy groups -OCH3 is 1. The standard InChI is InChI=1S/C15H30N2O3/c1-15(2,3)12(9-10-16)7-8-13(18)17-11-5-6-14(19)20-4/h12H,5-11,16H2,1-4H3,(H,17,18). The van der Waals surface area contributed by atoms with E-state index in [4.69, 9.17) is 5.73 Å². The number of ether oxygens (including phenoxy) is 1. The molecule has 0 aromatic rings. The molecule has 118 valence electrons. The second kappa shape index (κ2) is 9.75. The van der Waals surface area contributed by atoms with Crippen LogP contribution in [-0.4, -0.2) is 32.1 Å². The Morgan fingerprint density at radius 3 is 2.35 bits per heavy atom. The number of rotatable bonds is 9. The molecule has 0 aromatic heterocycles. The van der Waals surface area contributed by atoms with Crippen molar-refractivity contribution in [3.63, 3.8) is 0 Å². The van der Waals surface area contributed by atoms with Crippen LogP contribution in [0.5, 0.6) is 0 Å². The lowest BCUT2D eigenvalue weighted by Gasteiger charge is -2.30. The van der Waals surface area contributed by atoms with E-state index in [0.717, 1.165) is 12.8 Å². The molecule has 1 amide bonds. The van der Waals surface area contributed by atoms with Gasteiger partial charge in [-0.25, -0.2) is 0 Å². The molecule has 1 atom stereocenters. The van der Waals surface area contributed by atoms with Gasteiger partial charge < -0.3 is 15.8 Å². The average Bonchev–Trinajstić information content (AvgIpc) is 2.37. The fraction of sp³-hybridized carbons (Fsp3) is 0.867. The summed E-state index contributed by atoms with van der Waals surface area (Å²) in [6.45, 7) is 7.72. The Hall–Kier alpha value is -1.10. The van der Waals surface area contributed by atoms with Gasteiger partial charge in [0.2, 0.25) is 5.91 Å². The van der Waals surface area contributed by atoms with Gasteiger partial charge in [-0.15, -0.1) is 0 Å². The third kappa shape index (κ3) is 8.91. The van der Waals surface area contributed by atoms with E-state index in [2.05, 4.69) is 30.8 Å². The van der Waals surface area contributed by atoms with E-state index in [1.54, 1.807) is 0 Å². The first-order valence-corrected chi connectivity index (χ1v) is 7.34. The van der Waals surface area contributed by atoms with E-state index in [-0.39, 0.29) is 17.3 Å². The molecule has 0 aromatic carbocycles. The maximum atomic E-state index is 11.7. The summed E-state index contributed by atoms with van der Waals surface area (Å²) in [5, 5.41) is 2.83. The summed E-state index contributed by atoms with van der Waals surface area (Å²) in [5.41, 5.74) is 5.80. The fourth-order valence-electron chi connectivity index (χ4n) is 2.17. The Bertz CT molecular complexity index is 298. The molecule has 20 heavy (non-hydrogen) atoms. The van der Waals surface area contributed by atoms with E-state index in [1.807, 2.05) is 0 Å². The zero-order valence-corrected chi connectivity index (χ0v) is 13.3. The van der Waals surface area contributed by atoms with Crippen molar-refractivity contribution in [1.29, 1.82) is 0 Å². The molecule has 0 aliphatic carbocycles. The Morgan fingerprint density at radius 2 is 1.85 bits per heavy atom. The predicted molar refractivity (Wildman–Crippen MR) is 80.1 cm³/mol. The Labute approximate surface area is 122 Å². The topological polar surface area (TPSA) is 81.4 Å². The average molecular weight is 286 g/mol. The number of esters is 1. The van der Waals surface area contributed by atoms with Crippen molar-refractivity contribution in [3.05, 3.63) is 0 Å². The third-order valence-corrected chi connectivity index (χ3v) is 3.57. The molecule has 1 unspecified atom stereocenters. The van der Waals surface area contributed by atoms with Crippen LogP contribution in [0.25, 0.3) is 0 Å². The summed E-state index contributed by atoms with van der Waals surface area (Å²) >= 11 is 0. The lowest BCUT2D eigenvalue weighted by atomic mass is 9.76. The number of carbonyl (C=O) groups excluding carboxylic acids is 2. The molecule has 0 heterocycles. The smallest absolute Gasteiger partial charge is 0.305 e. The highest BCUT2D eigenvalue weighted by Gasteiger charge is 2.24. The van der Waals surface area contributed by atoms with Crippen molar-refractivity contribution < 1.29 is 14.3 Å². The number of carbonyl (C=O) groups is 2. The Morgan fingerprint density at radius 1 is 1.20 bits per heavy atom. The molecule has 5 heteroatoms. The van der Waals surface area contributed by atoms with Crippen molar-refractivity contribution in [1.82, 2.24) is 5.32 Å². The number of hydrogen-bond donors (Lipinski definition) is 2.